The zero-order valence-electron chi connectivity index (χ0n) is 25.4. The van der Waals surface area contributed by atoms with E-state index in [1.165, 1.54) is 44.6 Å². The monoisotopic (exact) mass is 734 g/mol. The summed E-state index contributed by atoms with van der Waals surface area (Å²) in [5, 5.41) is 6.78. The molecule has 2 aliphatic heterocycles. The van der Waals surface area contributed by atoms with Crippen molar-refractivity contribution in [2.45, 2.75) is 33.8 Å². The number of halogens is 3. The summed E-state index contributed by atoms with van der Waals surface area (Å²) in [7, 11) is -1.13. The van der Waals surface area contributed by atoms with E-state index in [2.05, 4.69) is 5.32 Å². The van der Waals surface area contributed by atoms with Crippen molar-refractivity contribution in [2.24, 2.45) is 11.1 Å². The highest BCUT2D eigenvalue weighted by atomic mass is 32.2. The van der Waals surface area contributed by atoms with Gasteiger partial charge in [-0.1, -0.05) is 35.2 Å². The first kappa shape index (κ1) is 34.2. The maximum absolute atomic E-state index is 14.1. The number of sulfonamides is 1. The Morgan fingerprint density at radius 2 is 1.65 bits per heavy atom. The molecule has 256 valence electrons. The molecule has 3 aromatic carbocycles. The number of thioether (sulfide) groups is 1. The van der Waals surface area contributed by atoms with Gasteiger partial charge in [-0.15, -0.1) is 0 Å². The van der Waals surface area contributed by atoms with Gasteiger partial charge in [-0.3, -0.25) is 23.7 Å². The molecular formula is C31H25F3N4O8S3. The Labute approximate surface area is 284 Å². The Bertz CT molecular complexity index is 2170. The molecule has 3 amide bonds. The number of hydrogen-bond donors (Lipinski definition) is 2. The summed E-state index contributed by atoms with van der Waals surface area (Å²) in [6, 6.07) is 13.8. The van der Waals surface area contributed by atoms with Gasteiger partial charge in [-0.2, -0.15) is 13.2 Å². The second-order valence-electron chi connectivity index (χ2n) is 11.0. The van der Waals surface area contributed by atoms with E-state index in [0.717, 1.165) is 50.8 Å². The molecule has 3 heterocycles. The smallest absolute Gasteiger partial charge is 0.416 e. The van der Waals surface area contributed by atoms with Gasteiger partial charge in [0.25, 0.3) is 0 Å². The Morgan fingerprint density at radius 3 is 2.29 bits per heavy atom. The molecule has 1 fully saturated rings. The largest absolute Gasteiger partial charge is 0.493 e. The van der Waals surface area contributed by atoms with Crippen molar-refractivity contribution in [1.82, 2.24) is 4.57 Å². The Balaban J connectivity index is 1.41. The van der Waals surface area contributed by atoms with Crippen LogP contribution in [0.5, 0.6) is 11.5 Å². The summed E-state index contributed by atoms with van der Waals surface area (Å²) in [5.74, 6) is -3.58. The second kappa shape index (κ2) is 12.7. The van der Waals surface area contributed by atoms with Gasteiger partial charge < -0.3 is 14.8 Å². The van der Waals surface area contributed by atoms with Crippen molar-refractivity contribution in [1.29, 1.82) is 0 Å². The maximum Gasteiger partial charge on any atom is 0.416 e. The van der Waals surface area contributed by atoms with Crippen molar-refractivity contribution in [3.05, 3.63) is 92.4 Å². The van der Waals surface area contributed by atoms with Crippen LogP contribution in [-0.2, 0) is 37.1 Å². The standard InChI is InChI=1S/C31H25F3N4O8S3/c1-45-20-11-6-15(12-21(20)46-2)23-24-25(28(41)38(27(24)40)18-5-3-4-16(13-18)31(32,33)34)47-29-26(23)48-30(42)37(29)14-22(39)36-17-7-9-19(10-8-17)49(35,43)44/h3-13,23-25H,14H2,1-2H3,(H,36,39)(H2,35,43,44). The van der Waals surface area contributed by atoms with Gasteiger partial charge in [-0.05, 0) is 60.2 Å². The predicted octanol–water partition coefficient (Wildman–Crippen LogP) is 4.03. The molecule has 0 spiro atoms. The van der Waals surface area contributed by atoms with Crippen LogP contribution in [-0.4, -0.2) is 50.2 Å². The van der Waals surface area contributed by atoms with Gasteiger partial charge >= 0.3 is 11.0 Å². The van der Waals surface area contributed by atoms with Gasteiger partial charge in [0.1, 0.15) is 11.8 Å². The second-order valence-corrected chi connectivity index (χ2v) is 14.6. The minimum absolute atomic E-state index is 0.171. The SMILES string of the molecule is COc1ccc(C2c3sc(=O)n(CC(=O)Nc4ccc(S(N)(=O)=O)cc4)c3SC3C(=O)N(c4cccc(C(F)(F)F)c4)C(=O)C32)cc1OC. The van der Waals surface area contributed by atoms with Crippen molar-refractivity contribution >= 4 is 62.2 Å². The van der Waals surface area contributed by atoms with Gasteiger partial charge in [0.15, 0.2) is 11.5 Å². The Morgan fingerprint density at radius 1 is 0.959 bits per heavy atom. The number of nitrogens with two attached hydrogens (primary N) is 1. The molecule has 1 saturated heterocycles. The number of primary sulfonamides is 1. The minimum atomic E-state index is -4.73. The number of alkyl halides is 3. The van der Waals surface area contributed by atoms with E-state index in [1.807, 2.05) is 0 Å². The molecule has 4 aromatic rings. The molecule has 6 rings (SSSR count). The van der Waals surface area contributed by atoms with Crippen LogP contribution in [0.3, 0.4) is 0 Å². The average Bonchev–Trinajstić information content (AvgIpc) is 3.49. The van der Waals surface area contributed by atoms with E-state index in [4.69, 9.17) is 14.6 Å². The number of thiazole rings is 1. The third-order valence-corrected chi connectivity index (χ3v) is 11.5. The van der Waals surface area contributed by atoms with Crippen LogP contribution in [0.1, 0.15) is 21.9 Å². The molecule has 49 heavy (non-hydrogen) atoms. The van der Waals surface area contributed by atoms with Gasteiger partial charge in [-0.25, -0.2) is 18.5 Å². The molecule has 3 N–H and O–H groups in total. The first-order valence-corrected chi connectivity index (χ1v) is 17.5. The van der Waals surface area contributed by atoms with E-state index >= 15 is 0 Å². The molecule has 12 nitrogen and oxygen atoms in total. The van der Waals surface area contributed by atoms with Crippen LogP contribution in [0.4, 0.5) is 24.5 Å². The van der Waals surface area contributed by atoms with E-state index in [1.54, 1.807) is 18.2 Å². The van der Waals surface area contributed by atoms with Crippen LogP contribution in [0.15, 0.2) is 81.4 Å². The fraction of sp³-hybridized carbons (Fsp3) is 0.226. The molecule has 0 aliphatic carbocycles. The number of ether oxygens (including phenoxy) is 2. The number of methoxy groups -OCH3 is 2. The minimum Gasteiger partial charge on any atom is -0.493 e. The van der Waals surface area contributed by atoms with Crippen LogP contribution >= 0.6 is 23.1 Å². The number of imide groups is 1. The first-order chi connectivity index (χ1) is 23.1. The normalized spacial score (nSPS) is 19.0. The van der Waals surface area contributed by atoms with Crippen LogP contribution in [0.25, 0.3) is 0 Å². The fourth-order valence-electron chi connectivity index (χ4n) is 5.81. The summed E-state index contributed by atoms with van der Waals surface area (Å²) >= 11 is 1.66. The third-order valence-electron chi connectivity index (χ3n) is 8.02. The number of fused-ring (bicyclic) bond motifs is 2. The average molecular weight is 735 g/mol. The lowest BCUT2D eigenvalue weighted by molar-refractivity contribution is -0.137. The zero-order chi connectivity index (χ0) is 35.4. The number of carbonyl (C=O) groups is 3. The Hall–Kier alpha value is -4.65. The molecule has 18 heteroatoms. The van der Waals surface area contributed by atoms with Crippen molar-refractivity contribution in [2.75, 3.05) is 24.4 Å². The third kappa shape index (κ3) is 6.31. The summed E-state index contributed by atoms with van der Waals surface area (Å²) in [5.41, 5.74) is -0.602. The lowest BCUT2D eigenvalue weighted by Gasteiger charge is -2.31. The highest BCUT2D eigenvalue weighted by molar-refractivity contribution is 8.00. The zero-order valence-corrected chi connectivity index (χ0v) is 27.8. The van der Waals surface area contributed by atoms with Crippen molar-refractivity contribution in [3.63, 3.8) is 0 Å². The van der Waals surface area contributed by atoms with Gasteiger partial charge in [0, 0.05) is 16.5 Å². The number of rotatable bonds is 8. The number of amides is 3. The topological polar surface area (TPSA) is 167 Å². The molecule has 1 aromatic heterocycles. The lowest BCUT2D eigenvalue weighted by Crippen LogP contribution is -2.33. The highest BCUT2D eigenvalue weighted by Crippen LogP contribution is 2.54. The van der Waals surface area contributed by atoms with Crippen molar-refractivity contribution in [3.8, 4) is 11.5 Å². The number of carbonyl (C=O) groups excluding carboxylic acids is 3. The van der Waals surface area contributed by atoms with E-state index in [0.29, 0.717) is 21.9 Å². The summed E-state index contributed by atoms with van der Waals surface area (Å²) < 4.78 is 75.8. The number of nitrogens with zero attached hydrogens (tertiary/aromatic N) is 2. The summed E-state index contributed by atoms with van der Waals surface area (Å²) in [6.07, 6.45) is -4.73. The van der Waals surface area contributed by atoms with E-state index < -0.39 is 68.0 Å². The van der Waals surface area contributed by atoms with E-state index in [-0.39, 0.29) is 21.3 Å². The van der Waals surface area contributed by atoms with Crippen LogP contribution in [0, 0.1) is 5.92 Å². The van der Waals surface area contributed by atoms with Gasteiger partial charge in [0.05, 0.1) is 41.3 Å². The van der Waals surface area contributed by atoms with Crippen molar-refractivity contribution < 1.29 is 45.4 Å². The molecule has 0 saturated carbocycles. The molecule has 0 radical (unpaired) electrons. The summed E-state index contributed by atoms with van der Waals surface area (Å²) in [6.45, 7) is -0.510. The van der Waals surface area contributed by atoms with Crippen LogP contribution < -0.4 is 29.7 Å². The van der Waals surface area contributed by atoms with Gasteiger partial charge in [0.2, 0.25) is 27.7 Å². The number of aromatic nitrogens is 1. The Kier molecular flexibility index (Phi) is 8.85. The number of anilines is 2. The van der Waals surface area contributed by atoms with Crippen LogP contribution in [0.2, 0.25) is 0 Å². The maximum atomic E-state index is 14.1. The molecule has 3 unspecified atom stereocenters. The lowest BCUT2D eigenvalue weighted by atomic mass is 9.83. The molecule has 2 aliphatic rings. The molecule has 3 atom stereocenters. The fourth-order valence-corrected chi connectivity index (χ4v) is 9.10. The predicted molar refractivity (Wildman–Crippen MR) is 173 cm³/mol. The quantitative estimate of drug-likeness (QED) is 0.254. The summed E-state index contributed by atoms with van der Waals surface area (Å²) in [4.78, 5) is 55.0. The van der Waals surface area contributed by atoms with E-state index in [9.17, 15) is 40.8 Å². The first-order valence-electron chi connectivity index (χ1n) is 14.2. The number of hydrogen-bond acceptors (Lipinski definition) is 10. The molecule has 0 bridgehead atoms. The number of benzene rings is 3. The molecular weight excluding hydrogens is 710 g/mol. The highest BCUT2D eigenvalue weighted by Gasteiger charge is 2.57. The number of nitrogens with one attached hydrogen (secondary N) is 1.